The molecule has 1 saturated heterocycles. The molecule has 9 nitrogen and oxygen atoms in total. The number of hydrogen-bond acceptors (Lipinski definition) is 7. The van der Waals surface area contributed by atoms with Crippen LogP contribution in [-0.4, -0.2) is 71.7 Å². The van der Waals surface area contributed by atoms with Crippen LogP contribution in [0, 0.1) is 0 Å². The molecule has 2 heterocycles. The van der Waals surface area contributed by atoms with Gasteiger partial charge in [-0.1, -0.05) is 30.3 Å². The smallest absolute Gasteiger partial charge is 0.261 e. The van der Waals surface area contributed by atoms with Crippen LogP contribution in [0.1, 0.15) is 43.8 Å². The van der Waals surface area contributed by atoms with Crippen molar-refractivity contribution >= 4 is 17.5 Å². The second-order valence-electron chi connectivity index (χ2n) is 10.2. The van der Waals surface area contributed by atoms with Crippen molar-refractivity contribution in [1.82, 2.24) is 9.80 Å². The van der Waals surface area contributed by atoms with Gasteiger partial charge in [0.05, 0.1) is 12.6 Å². The van der Waals surface area contributed by atoms with E-state index in [0.29, 0.717) is 38.3 Å². The third kappa shape index (κ3) is 5.78. The summed E-state index contributed by atoms with van der Waals surface area (Å²) < 4.78 is 11.4. The molecule has 1 atom stereocenters. The third-order valence-electron chi connectivity index (χ3n) is 7.09. The number of amides is 2. The zero-order chi connectivity index (χ0) is 27.5. The van der Waals surface area contributed by atoms with Gasteiger partial charge in [-0.2, -0.15) is 0 Å². The van der Waals surface area contributed by atoms with Crippen LogP contribution < -0.4 is 10.1 Å². The molecule has 9 heteroatoms. The highest BCUT2D eigenvalue weighted by Crippen LogP contribution is 2.37. The number of carbonyl (C=O) groups excluding carboxylic acids is 2. The molecule has 1 fully saturated rings. The first kappa shape index (κ1) is 26.4. The Morgan fingerprint density at radius 2 is 1.92 bits per heavy atom. The highest BCUT2D eigenvalue weighted by Gasteiger charge is 2.30. The summed E-state index contributed by atoms with van der Waals surface area (Å²) in [6, 6.07) is 15.8. The molecule has 0 unspecified atom stereocenters. The number of phenolic OH excluding ortho intramolecular Hbond substituents is 2. The Hall–Kier alpha value is -4.24. The SMILES string of the molecule is CN(C)C(=O)c1cc2c(c(N[C@@H]3CCOC3)c1)CN(C(=O)c1c(O)cc(O)cc1OCc1ccccc1)CC2. The molecule has 0 aliphatic carbocycles. The van der Waals surface area contributed by atoms with E-state index < -0.39 is 5.91 Å². The molecule has 3 N–H and O–H groups in total. The van der Waals surface area contributed by atoms with Crippen LogP contribution in [0.3, 0.4) is 0 Å². The molecule has 39 heavy (non-hydrogen) atoms. The Labute approximate surface area is 227 Å². The van der Waals surface area contributed by atoms with Crippen molar-refractivity contribution in [2.24, 2.45) is 0 Å². The first-order chi connectivity index (χ1) is 18.8. The van der Waals surface area contributed by atoms with Crippen molar-refractivity contribution in [3.05, 3.63) is 82.4 Å². The van der Waals surface area contributed by atoms with Crippen LogP contribution in [-0.2, 0) is 24.3 Å². The predicted molar refractivity (Wildman–Crippen MR) is 146 cm³/mol. The summed E-state index contributed by atoms with van der Waals surface area (Å²) in [5.74, 6) is -0.914. The number of ether oxygens (including phenoxy) is 2. The van der Waals surface area contributed by atoms with Crippen LogP contribution in [0.2, 0.25) is 0 Å². The van der Waals surface area contributed by atoms with Gasteiger partial charge in [0.15, 0.2) is 0 Å². The van der Waals surface area contributed by atoms with Crippen molar-refractivity contribution < 1.29 is 29.3 Å². The number of phenols is 2. The first-order valence-electron chi connectivity index (χ1n) is 13.0. The van der Waals surface area contributed by atoms with Gasteiger partial charge in [-0.05, 0) is 41.7 Å². The Balaban J connectivity index is 1.44. The van der Waals surface area contributed by atoms with Crippen LogP contribution >= 0.6 is 0 Å². The Kier molecular flexibility index (Phi) is 7.60. The molecule has 0 aromatic heterocycles. The molecule has 0 spiro atoms. The molecular formula is C30H33N3O6. The summed E-state index contributed by atoms with van der Waals surface area (Å²) in [6.45, 7) is 2.11. The van der Waals surface area contributed by atoms with E-state index in [0.717, 1.165) is 34.9 Å². The van der Waals surface area contributed by atoms with E-state index in [1.165, 1.54) is 6.07 Å². The molecule has 3 aromatic carbocycles. The van der Waals surface area contributed by atoms with Gasteiger partial charge in [0.2, 0.25) is 0 Å². The molecule has 2 aliphatic heterocycles. The standard InChI is InChI=1S/C30H33N3O6/c1-32(2)29(36)21-12-20-8-10-33(16-24(20)25(13-21)31-22-9-11-38-18-22)30(37)28-26(35)14-23(34)15-27(28)39-17-19-6-4-3-5-7-19/h3-7,12-15,22,31,34-35H,8-11,16-18H2,1-2H3/t22-/m1/s1. The van der Waals surface area contributed by atoms with Crippen LogP contribution in [0.5, 0.6) is 17.2 Å². The third-order valence-corrected chi connectivity index (χ3v) is 7.09. The summed E-state index contributed by atoms with van der Waals surface area (Å²) in [5.41, 5.74) is 4.23. The number of hydrogen-bond donors (Lipinski definition) is 3. The van der Waals surface area contributed by atoms with E-state index in [1.54, 1.807) is 23.9 Å². The number of nitrogens with zero attached hydrogens (tertiary/aromatic N) is 2. The van der Waals surface area contributed by atoms with Crippen LogP contribution in [0.25, 0.3) is 0 Å². The molecule has 2 amide bonds. The first-order valence-corrected chi connectivity index (χ1v) is 13.0. The molecule has 3 aromatic rings. The van der Waals surface area contributed by atoms with Crippen LogP contribution in [0.15, 0.2) is 54.6 Å². The quantitative estimate of drug-likeness (QED) is 0.426. The van der Waals surface area contributed by atoms with E-state index in [9.17, 15) is 19.8 Å². The molecule has 204 valence electrons. The summed E-state index contributed by atoms with van der Waals surface area (Å²) in [4.78, 5) is 29.8. The summed E-state index contributed by atoms with van der Waals surface area (Å²) in [7, 11) is 3.45. The van der Waals surface area contributed by atoms with Crippen molar-refractivity contribution in [2.45, 2.75) is 32.0 Å². The molecule has 0 bridgehead atoms. The second-order valence-corrected chi connectivity index (χ2v) is 10.2. The monoisotopic (exact) mass is 531 g/mol. The van der Waals surface area contributed by atoms with E-state index in [-0.39, 0.29) is 41.4 Å². The highest BCUT2D eigenvalue weighted by molar-refractivity contribution is 6.00. The van der Waals surface area contributed by atoms with Gasteiger partial charge in [-0.25, -0.2) is 0 Å². The average Bonchev–Trinajstić information content (AvgIpc) is 3.44. The maximum absolute atomic E-state index is 13.8. The number of fused-ring (bicyclic) bond motifs is 1. The lowest BCUT2D eigenvalue weighted by Crippen LogP contribution is -2.37. The van der Waals surface area contributed by atoms with Gasteiger partial charge >= 0.3 is 0 Å². The topological polar surface area (TPSA) is 112 Å². The fraction of sp³-hybridized carbons (Fsp3) is 0.333. The normalized spacial score (nSPS) is 16.5. The van der Waals surface area contributed by atoms with Gasteiger partial charge in [0, 0.05) is 57.2 Å². The number of rotatable bonds is 7. The van der Waals surface area contributed by atoms with Crippen molar-refractivity contribution in [3.8, 4) is 17.2 Å². The van der Waals surface area contributed by atoms with Gasteiger partial charge in [-0.3, -0.25) is 9.59 Å². The number of anilines is 1. The van der Waals surface area contributed by atoms with E-state index in [1.807, 2.05) is 42.5 Å². The Bertz CT molecular complexity index is 1370. The van der Waals surface area contributed by atoms with Gasteiger partial charge in [0.25, 0.3) is 11.8 Å². The number of carbonyl (C=O) groups is 2. The lowest BCUT2D eigenvalue weighted by molar-refractivity contribution is 0.0725. The molecule has 0 radical (unpaired) electrons. The lowest BCUT2D eigenvalue weighted by Gasteiger charge is -2.32. The highest BCUT2D eigenvalue weighted by atomic mass is 16.5. The van der Waals surface area contributed by atoms with Crippen molar-refractivity contribution in [1.29, 1.82) is 0 Å². The maximum Gasteiger partial charge on any atom is 0.261 e. The molecule has 2 aliphatic rings. The zero-order valence-corrected chi connectivity index (χ0v) is 22.1. The zero-order valence-electron chi connectivity index (χ0n) is 22.1. The van der Waals surface area contributed by atoms with Crippen molar-refractivity contribution in [3.63, 3.8) is 0 Å². The van der Waals surface area contributed by atoms with Gasteiger partial charge < -0.3 is 34.8 Å². The maximum atomic E-state index is 13.8. The van der Waals surface area contributed by atoms with E-state index >= 15 is 0 Å². The molecule has 5 rings (SSSR count). The summed E-state index contributed by atoms with van der Waals surface area (Å²) in [6.07, 6.45) is 1.40. The Morgan fingerprint density at radius 3 is 2.64 bits per heavy atom. The number of benzene rings is 3. The minimum absolute atomic E-state index is 0.00490. The largest absolute Gasteiger partial charge is 0.508 e. The van der Waals surface area contributed by atoms with Crippen LogP contribution in [0.4, 0.5) is 5.69 Å². The van der Waals surface area contributed by atoms with Gasteiger partial charge in [-0.15, -0.1) is 0 Å². The number of nitrogens with one attached hydrogen (secondary N) is 1. The molecular weight excluding hydrogens is 498 g/mol. The number of aromatic hydroxyl groups is 2. The summed E-state index contributed by atoms with van der Waals surface area (Å²) >= 11 is 0. The molecule has 0 saturated carbocycles. The van der Waals surface area contributed by atoms with Gasteiger partial charge in [0.1, 0.15) is 29.4 Å². The average molecular weight is 532 g/mol. The predicted octanol–water partition coefficient (Wildman–Crippen LogP) is 3.78. The minimum atomic E-state index is -0.398. The Morgan fingerprint density at radius 1 is 1.13 bits per heavy atom. The van der Waals surface area contributed by atoms with E-state index in [4.69, 9.17) is 9.47 Å². The fourth-order valence-electron chi connectivity index (χ4n) is 5.03. The second kappa shape index (κ2) is 11.2. The fourth-order valence-corrected chi connectivity index (χ4v) is 5.03. The minimum Gasteiger partial charge on any atom is -0.508 e. The lowest BCUT2D eigenvalue weighted by atomic mass is 9.93. The van der Waals surface area contributed by atoms with E-state index in [2.05, 4.69) is 5.32 Å². The summed E-state index contributed by atoms with van der Waals surface area (Å²) in [5, 5.41) is 24.3. The van der Waals surface area contributed by atoms with Crippen molar-refractivity contribution in [2.75, 3.05) is 39.2 Å².